The molecule has 0 amide bonds. The van der Waals surface area contributed by atoms with Gasteiger partial charge in [0.05, 0.1) is 23.7 Å². The van der Waals surface area contributed by atoms with E-state index in [0.717, 1.165) is 0 Å². The number of carbonyl (C=O) groups is 1. The van der Waals surface area contributed by atoms with Gasteiger partial charge in [-0.1, -0.05) is 20.4 Å². The van der Waals surface area contributed by atoms with Gasteiger partial charge in [-0.15, -0.1) is 0 Å². The Hall–Kier alpha value is -0.990. The topological polar surface area (TPSA) is 127 Å². The lowest BCUT2D eigenvalue weighted by Gasteiger charge is -2.74. The summed E-state index contributed by atoms with van der Waals surface area (Å²) in [6.45, 7) is 7.76. The molecule has 0 aromatic heterocycles. The molecule has 0 radical (unpaired) electrons. The molecule has 2 aliphatic heterocycles. The summed E-state index contributed by atoms with van der Waals surface area (Å²) in [5, 5.41) is 56.3. The van der Waals surface area contributed by atoms with E-state index in [4.69, 9.17) is 4.74 Å². The highest BCUT2D eigenvalue weighted by atomic mass is 16.7. The molecule has 150 valence electrons. The van der Waals surface area contributed by atoms with Crippen LogP contribution in [0.15, 0.2) is 12.2 Å². The number of hydrogen-bond donors (Lipinski definition) is 5. The Morgan fingerprint density at radius 1 is 1.07 bits per heavy atom. The summed E-state index contributed by atoms with van der Waals surface area (Å²) in [5.74, 6) is -5.03. The molecule has 6 aliphatic rings. The van der Waals surface area contributed by atoms with E-state index in [9.17, 15) is 30.3 Å². The van der Waals surface area contributed by atoms with Crippen LogP contribution in [0, 0.1) is 34.0 Å². The molecule has 4 bridgehead atoms. The molecule has 2 spiro atoms. The van der Waals surface area contributed by atoms with Gasteiger partial charge in [-0.3, -0.25) is 4.79 Å². The first-order valence-electron chi connectivity index (χ1n) is 9.85. The normalized spacial score (nSPS) is 60.6. The number of esters is 1. The van der Waals surface area contributed by atoms with E-state index in [1.807, 2.05) is 13.8 Å². The Balaban J connectivity index is 1.84. The van der Waals surface area contributed by atoms with Gasteiger partial charge in [0.25, 0.3) is 0 Å². The Morgan fingerprint density at radius 3 is 2.41 bits per heavy atom. The molecule has 0 aromatic rings. The number of fused-ring (bicyclic) bond motifs is 2. The van der Waals surface area contributed by atoms with Crippen LogP contribution < -0.4 is 0 Å². The Labute approximate surface area is 157 Å². The van der Waals surface area contributed by atoms with Gasteiger partial charge in [0.15, 0.2) is 0 Å². The van der Waals surface area contributed by atoms with Crippen LogP contribution in [0.5, 0.6) is 0 Å². The molecule has 0 aromatic carbocycles. The zero-order valence-corrected chi connectivity index (χ0v) is 15.6. The minimum absolute atomic E-state index is 0.354. The minimum Gasteiger partial charge on any atom is -0.429 e. The quantitative estimate of drug-likeness (QED) is 0.288. The summed E-state index contributed by atoms with van der Waals surface area (Å²) in [7, 11) is 0. The first-order valence-corrected chi connectivity index (χ1v) is 9.85. The van der Waals surface area contributed by atoms with Crippen LogP contribution in [-0.2, 0) is 9.53 Å². The van der Waals surface area contributed by atoms with Crippen molar-refractivity contribution < 1.29 is 35.1 Å². The molecule has 5 N–H and O–H groups in total. The molecule has 6 rings (SSSR count). The maximum atomic E-state index is 13.2. The van der Waals surface area contributed by atoms with Crippen LogP contribution in [0.1, 0.15) is 39.5 Å². The molecule has 10 atom stereocenters. The van der Waals surface area contributed by atoms with E-state index in [0.29, 0.717) is 31.3 Å². The lowest BCUT2D eigenvalue weighted by Crippen LogP contribution is -2.87. The fraction of sp³-hybridized carbons (Fsp3) is 0.850. The fourth-order valence-corrected chi connectivity index (χ4v) is 7.98. The molecule has 7 nitrogen and oxygen atoms in total. The van der Waals surface area contributed by atoms with Gasteiger partial charge >= 0.3 is 5.97 Å². The monoisotopic (exact) mass is 380 g/mol. The van der Waals surface area contributed by atoms with E-state index in [1.54, 1.807) is 0 Å². The van der Waals surface area contributed by atoms with Crippen molar-refractivity contribution in [2.75, 3.05) is 0 Å². The average Bonchev–Trinajstić information content (AvgIpc) is 2.70. The molecule has 4 saturated carbocycles. The molecule has 7 heteroatoms. The van der Waals surface area contributed by atoms with Gasteiger partial charge in [0.2, 0.25) is 5.79 Å². The second-order valence-corrected chi connectivity index (χ2v) is 10.1. The van der Waals surface area contributed by atoms with Crippen molar-refractivity contribution in [3.05, 3.63) is 12.2 Å². The van der Waals surface area contributed by atoms with Crippen molar-refractivity contribution in [2.45, 2.75) is 69.7 Å². The predicted molar refractivity (Wildman–Crippen MR) is 91.8 cm³/mol. The van der Waals surface area contributed by atoms with E-state index in [2.05, 4.69) is 6.58 Å². The Bertz CT molecular complexity index is 749. The largest absolute Gasteiger partial charge is 0.429 e. The summed E-state index contributed by atoms with van der Waals surface area (Å²) in [4.78, 5) is 13.2. The maximum Gasteiger partial charge on any atom is 0.318 e. The third kappa shape index (κ3) is 1.50. The van der Waals surface area contributed by atoms with Gasteiger partial charge in [0, 0.05) is 11.8 Å². The Kier molecular flexibility index (Phi) is 3.19. The van der Waals surface area contributed by atoms with Gasteiger partial charge in [-0.05, 0) is 42.6 Å². The van der Waals surface area contributed by atoms with Crippen molar-refractivity contribution in [3.63, 3.8) is 0 Å². The van der Waals surface area contributed by atoms with Crippen LogP contribution in [0.3, 0.4) is 0 Å². The number of aliphatic hydroxyl groups excluding tert-OH is 4. The van der Waals surface area contributed by atoms with Crippen LogP contribution >= 0.6 is 0 Å². The molecule has 4 aliphatic carbocycles. The van der Waals surface area contributed by atoms with Crippen LogP contribution in [-0.4, -0.2) is 61.7 Å². The van der Waals surface area contributed by atoms with Crippen molar-refractivity contribution in [2.24, 2.45) is 34.0 Å². The maximum absolute atomic E-state index is 13.2. The van der Waals surface area contributed by atoms with E-state index < -0.39 is 70.2 Å². The molecule has 6 fully saturated rings. The van der Waals surface area contributed by atoms with Crippen molar-refractivity contribution in [1.29, 1.82) is 0 Å². The standard InChI is InChI=1S/C20H28O7/c1-8-9-4-5-10-18-11(21)6-7-17(2,3)12(18)15(24)20(26,27-16(18)25)19(10,13(8)22)14(9)23/h9-15,21-24,26H,1,4-7H2,2-3H3/t9-,10-,11-,12+,13+,14+,15-,18-,19-,20+/m0/s1. The molecule has 2 saturated heterocycles. The first kappa shape index (κ1) is 18.1. The average molecular weight is 380 g/mol. The zero-order valence-electron chi connectivity index (χ0n) is 15.6. The number of ether oxygens (including phenoxy) is 1. The first-order chi connectivity index (χ1) is 12.5. The molecule has 0 unspecified atom stereocenters. The third-order valence-corrected chi connectivity index (χ3v) is 8.98. The molecular weight excluding hydrogens is 352 g/mol. The third-order valence-electron chi connectivity index (χ3n) is 8.98. The second kappa shape index (κ2) is 4.76. The van der Waals surface area contributed by atoms with Gasteiger partial charge in [-0.2, -0.15) is 0 Å². The van der Waals surface area contributed by atoms with Crippen LogP contribution in [0.4, 0.5) is 0 Å². The summed E-state index contributed by atoms with van der Waals surface area (Å²) in [6, 6.07) is 0. The lowest BCUT2D eigenvalue weighted by atomic mass is 9.35. The number of hydrogen-bond acceptors (Lipinski definition) is 7. The number of rotatable bonds is 0. The summed E-state index contributed by atoms with van der Waals surface area (Å²) in [6.07, 6.45) is -3.25. The highest BCUT2D eigenvalue weighted by Crippen LogP contribution is 2.77. The van der Waals surface area contributed by atoms with E-state index in [-0.39, 0.29) is 0 Å². The highest BCUT2D eigenvalue weighted by molar-refractivity contribution is 5.83. The summed E-state index contributed by atoms with van der Waals surface area (Å²) in [5.41, 5.74) is -3.28. The molecular formula is C20H28O7. The van der Waals surface area contributed by atoms with Crippen LogP contribution in [0.25, 0.3) is 0 Å². The smallest absolute Gasteiger partial charge is 0.318 e. The predicted octanol–water partition coefficient (Wildman–Crippen LogP) is -0.306. The number of carbonyl (C=O) groups excluding carboxylic acids is 1. The second-order valence-electron chi connectivity index (χ2n) is 10.1. The Morgan fingerprint density at radius 2 is 1.74 bits per heavy atom. The van der Waals surface area contributed by atoms with Gasteiger partial charge < -0.3 is 30.3 Å². The van der Waals surface area contributed by atoms with E-state index in [1.165, 1.54) is 0 Å². The SMILES string of the molecule is C=C1[C@@H](O)[C@]23[C@H](O)[C@H]1CC[C@H]2[C@@]12C(=O)O[C@]3(O)[C@@H](O)[C@@H]1C(C)(C)CC[C@@H]2O. The highest BCUT2D eigenvalue weighted by Gasteiger charge is 2.89. The minimum atomic E-state index is -2.42. The van der Waals surface area contributed by atoms with Gasteiger partial charge in [-0.25, -0.2) is 0 Å². The molecule has 27 heavy (non-hydrogen) atoms. The van der Waals surface area contributed by atoms with Gasteiger partial charge in [0.1, 0.15) is 11.5 Å². The molecule has 2 heterocycles. The van der Waals surface area contributed by atoms with E-state index >= 15 is 0 Å². The fourth-order valence-electron chi connectivity index (χ4n) is 7.98. The van der Waals surface area contributed by atoms with Crippen LogP contribution in [0.2, 0.25) is 0 Å². The number of aliphatic hydroxyl groups is 5. The van der Waals surface area contributed by atoms with Crippen molar-refractivity contribution in [3.8, 4) is 0 Å². The summed E-state index contributed by atoms with van der Waals surface area (Å²) < 4.78 is 5.43. The van der Waals surface area contributed by atoms with Crippen molar-refractivity contribution >= 4 is 5.97 Å². The summed E-state index contributed by atoms with van der Waals surface area (Å²) >= 11 is 0. The van der Waals surface area contributed by atoms with Crippen molar-refractivity contribution in [1.82, 2.24) is 0 Å². The lowest BCUT2D eigenvalue weighted by molar-refractivity contribution is -0.442. The zero-order chi connectivity index (χ0) is 19.7.